The molecule has 1 aromatic carbocycles. The van der Waals surface area contributed by atoms with Crippen molar-refractivity contribution in [3.63, 3.8) is 0 Å². The summed E-state index contributed by atoms with van der Waals surface area (Å²) in [6, 6.07) is 9.64. The van der Waals surface area contributed by atoms with Gasteiger partial charge in [-0.2, -0.15) is 5.10 Å². The molecule has 2 N–H and O–H groups in total. The molecule has 3 heterocycles. The molecule has 0 unspecified atom stereocenters. The van der Waals surface area contributed by atoms with Crippen LogP contribution in [-0.4, -0.2) is 37.5 Å². The lowest BCUT2D eigenvalue weighted by atomic mass is 10.2. The van der Waals surface area contributed by atoms with Gasteiger partial charge in [0.1, 0.15) is 11.5 Å². The van der Waals surface area contributed by atoms with Crippen LogP contribution in [0.15, 0.2) is 36.5 Å². The van der Waals surface area contributed by atoms with E-state index in [1.165, 1.54) is 0 Å². The highest BCUT2D eigenvalue weighted by Gasteiger charge is 2.33. The molecule has 2 aromatic heterocycles. The summed E-state index contributed by atoms with van der Waals surface area (Å²) in [5, 5.41) is 6.59. The number of aromatic amines is 2. The standard InChI is InChI=1S/C15H15N5O/c21-15(12-7-8-16-19-12)20-9-3-6-13(20)14-17-10-4-1-2-5-11(10)18-14/h1-2,4-5,7-8,13H,3,6,9H2,(H,16,19)(H,17,18)/t13-/m0/s1. The fraction of sp³-hybridized carbons (Fsp3) is 0.267. The van der Waals surface area contributed by atoms with Crippen LogP contribution in [0.1, 0.15) is 35.2 Å². The van der Waals surface area contributed by atoms with Gasteiger partial charge in [0.25, 0.3) is 5.91 Å². The fourth-order valence-electron chi connectivity index (χ4n) is 2.95. The first-order valence-corrected chi connectivity index (χ1v) is 7.08. The van der Waals surface area contributed by atoms with Gasteiger partial charge in [0, 0.05) is 12.7 Å². The topological polar surface area (TPSA) is 77.7 Å². The highest BCUT2D eigenvalue weighted by Crippen LogP contribution is 2.32. The van der Waals surface area contributed by atoms with Gasteiger partial charge in [0.2, 0.25) is 0 Å². The van der Waals surface area contributed by atoms with Crippen LogP contribution in [0.3, 0.4) is 0 Å². The Morgan fingerprint density at radius 2 is 2.19 bits per heavy atom. The van der Waals surface area contributed by atoms with E-state index in [-0.39, 0.29) is 11.9 Å². The predicted molar refractivity (Wildman–Crippen MR) is 77.7 cm³/mol. The Morgan fingerprint density at radius 3 is 3.00 bits per heavy atom. The number of likely N-dealkylation sites (tertiary alicyclic amines) is 1. The summed E-state index contributed by atoms with van der Waals surface area (Å²) in [6.45, 7) is 0.750. The molecule has 1 saturated heterocycles. The predicted octanol–water partition coefficient (Wildman–Crippen LogP) is 2.26. The summed E-state index contributed by atoms with van der Waals surface area (Å²) in [7, 11) is 0. The zero-order valence-electron chi connectivity index (χ0n) is 11.4. The van der Waals surface area contributed by atoms with Gasteiger partial charge in [-0.3, -0.25) is 9.89 Å². The van der Waals surface area contributed by atoms with Crippen LogP contribution >= 0.6 is 0 Å². The van der Waals surface area contributed by atoms with Crippen molar-refractivity contribution in [3.8, 4) is 0 Å². The minimum atomic E-state index is -0.0181. The Balaban J connectivity index is 1.68. The fourth-order valence-corrected chi connectivity index (χ4v) is 2.95. The Hall–Kier alpha value is -2.63. The van der Waals surface area contributed by atoms with Crippen molar-refractivity contribution in [2.45, 2.75) is 18.9 Å². The molecule has 1 amide bonds. The number of rotatable bonds is 2. The van der Waals surface area contributed by atoms with Crippen LogP contribution in [0, 0.1) is 0 Å². The monoisotopic (exact) mass is 281 g/mol. The number of H-pyrrole nitrogens is 2. The van der Waals surface area contributed by atoms with E-state index in [2.05, 4.69) is 20.2 Å². The molecule has 21 heavy (non-hydrogen) atoms. The number of carbonyl (C=O) groups is 1. The van der Waals surface area contributed by atoms with E-state index in [1.807, 2.05) is 29.2 Å². The van der Waals surface area contributed by atoms with Crippen molar-refractivity contribution in [2.24, 2.45) is 0 Å². The lowest BCUT2D eigenvalue weighted by Crippen LogP contribution is -2.31. The average molecular weight is 281 g/mol. The molecule has 0 saturated carbocycles. The summed E-state index contributed by atoms with van der Waals surface area (Å²) in [5.74, 6) is 0.844. The minimum absolute atomic E-state index is 0.00759. The molecule has 0 aliphatic carbocycles. The van der Waals surface area contributed by atoms with Gasteiger partial charge in [0.15, 0.2) is 0 Å². The van der Waals surface area contributed by atoms with Crippen LogP contribution in [0.25, 0.3) is 11.0 Å². The number of carbonyl (C=O) groups excluding carboxylic acids is 1. The second-order valence-electron chi connectivity index (χ2n) is 5.27. The first kappa shape index (κ1) is 12.1. The third-order valence-corrected chi connectivity index (χ3v) is 3.97. The summed E-state index contributed by atoms with van der Waals surface area (Å²) in [4.78, 5) is 22.4. The molecule has 6 nitrogen and oxygen atoms in total. The van der Waals surface area contributed by atoms with E-state index in [4.69, 9.17) is 0 Å². The Bertz CT molecular complexity index is 743. The Morgan fingerprint density at radius 1 is 1.29 bits per heavy atom. The van der Waals surface area contributed by atoms with Crippen molar-refractivity contribution >= 4 is 16.9 Å². The zero-order chi connectivity index (χ0) is 14.2. The van der Waals surface area contributed by atoms with Gasteiger partial charge in [-0.05, 0) is 31.0 Å². The van der Waals surface area contributed by atoms with E-state index in [1.54, 1.807) is 12.3 Å². The third-order valence-electron chi connectivity index (χ3n) is 3.97. The Labute approximate surface area is 121 Å². The van der Waals surface area contributed by atoms with Gasteiger partial charge >= 0.3 is 0 Å². The van der Waals surface area contributed by atoms with Gasteiger partial charge in [-0.25, -0.2) is 4.98 Å². The summed E-state index contributed by atoms with van der Waals surface area (Å²) in [5.41, 5.74) is 2.47. The van der Waals surface area contributed by atoms with E-state index in [0.29, 0.717) is 5.69 Å². The van der Waals surface area contributed by atoms with E-state index in [0.717, 1.165) is 36.2 Å². The first-order chi connectivity index (χ1) is 10.3. The maximum atomic E-state index is 12.5. The zero-order valence-corrected chi connectivity index (χ0v) is 11.4. The summed E-state index contributed by atoms with van der Waals surface area (Å²) < 4.78 is 0. The van der Waals surface area contributed by atoms with E-state index < -0.39 is 0 Å². The molecule has 1 aliphatic heterocycles. The van der Waals surface area contributed by atoms with Crippen molar-refractivity contribution in [2.75, 3.05) is 6.54 Å². The number of nitrogens with one attached hydrogen (secondary N) is 2. The maximum Gasteiger partial charge on any atom is 0.272 e. The van der Waals surface area contributed by atoms with Crippen LogP contribution in [0.5, 0.6) is 0 Å². The van der Waals surface area contributed by atoms with Crippen molar-refractivity contribution < 1.29 is 4.79 Å². The quantitative estimate of drug-likeness (QED) is 0.756. The number of para-hydroxylation sites is 2. The highest BCUT2D eigenvalue weighted by molar-refractivity contribution is 5.92. The molecule has 1 fully saturated rings. The van der Waals surface area contributed by atoms with Gasteiger partial charge in [-0.1, -0.05) is 12.1 Å². The van der Waals surface area contributed by atoms with Crippen molar-refractivity contribution in [3.05, 3.63) is 48.0 Å². The summed E-state index contributed by atoms with van der Waals surface area (Å²) >= 11 is 0. The summed E-state index contributed by atoms with van der Waals surface area (Å²) in [6.07, 6.45) is 3.51. The van der Waals surface area contributed by atoms with Gasteiger partial charge < -0.3 is 9.88 Å². The molecule has 1 atom stereocenters. The smallest absolute Gasteiger partial charge is 0.272 e. The normalized spacial score (nSPS) is 18.5. The molecular weight excluding hydrogens is 266 g/mol. The second kappa shape index (κ2) is 4.73. The van der Waals surface area contributed by atoms with E-state index in [9.17, 15) is 4.79 Å². The lowest BCUT2D eigenvalue weighted by molar-refractivity contribution is 0.0724. The van der Waals surface area contributed by atoms with Crippen molar-refractivity contribution in [1.82, 2.24) is 25.1 Å². The SMILES string of the molecule is O=C(c1ccn[nH]1)N1CCC[C@H]1c1nc2ccccc2[nH]1. The highest BCUT2D eigenvalue weighted by atomic mass is 16.2. The molecule has 1 aliphatic rings. The van der Waals surface area contributed by atoms with Crippen molar-refractivity contribution in [1.29, 1.82) is 0 Å². The molecule has 0 bridgehead atoms. The van der Waals surface area contributed by atoms with Gasteiger partial charge in [-0.15, -0.1) is 0 Å². The Kier molecular flexibility index (Phi) is 2.73. The number of fused-ring (bicyclic) bond motifs is 1. The number of benzene rings is 1. The molecule has 0 spiro atoms. The van der Waals surface area contributed by atoms with Crippen LogP contribution < -0.4 is 0 Å². The number of hydrogen-bond acceptors (Lipinski definition) is 3. The molecule has 4 rings (SSSR count). The molecule has 106 valence electrons. The minimum Gasteiger partial charge on any atom is -0.340 e. The number of aromatic nitrogens is 4. The lowest BCUT2D eigenvalue weighted by Gasteiger charge is -2.22. The second-order valence-corrected chi connectivity index (χ2v) is 5.27. The maximum absolute atomic E-state index is 12.5. The number of imidazole rings is 1. The number of nitrogens with zero attached hydrogens (tertiary/aromatic N) is 3. The molecule has 6 heteroatoms. The average Bonchev–Trinajstić information content (AvgIpc) is 3.24. The van der Waals surface area contributed by atoms with Gasteiger partial charge in [0.05, 0.1) is 17.1 Å². The molecular formula is C15H15N5O. The molecule has 0 radical (unpaired) electrons. The molecule has 3 aromatic rings. The number of hydrogen-bond donors (Lipinski definition) is 2. The third kappa shape index (κ3) is 1.99. The largest absolute Gasteiger partial charge is 0.340 e. The number of amides is 1. The van der Waals surface area contributed by atoms with Crippen LogP contribution in [-0.2, 0) is 0 Å². The van der Waals surface area contributed by atoms with E-state index >= 15 is 0 Å². The first-order valence-electron chi connectivity index (χ1n) is 7.08. The van der Waals surface area contributed by atoms with Crippen LogP contribution in [0.2, 0.25) is 0 Å². The van der Waals surface area contributed by atoms with Crippen LogP contribution in [0.4, 0.5) is 0 Å².